The van der Waals surface area contributed by atoms with Crippen LogP contribution in [0.5, 0.6) is 0 Å². The summed E-state index contributed by atoms with van der Waals surface area (Å²) in [5, 5.41) is 18.3. The number of nitrogens with zero attached hydrogens (tertiary/aromatic N) is 6. The summed E-state index contributed by atoms with van der Waals surface area (Å²) in [5.74, 6) is 1.13. The van der Waals surface area contributed by atoms with Crippen molar-refractivity contribution in [1.82, 2.24) is 29.6 Å². The van der Waals surface area contributed by atoms with Gasteiger partial charge in [0.05, 0.1) is 11.2 Å². The summed E-state index contributed by atoms with van der Waals surface area (Å²) < 4.78 is 3.48. The van der Waals surface area contributed by atoms with E-state index < -0.39 is 0 Å². The molecule has 3 heterocycles. The van der Waals surface area contributed by atoms with Gasteiger partial charge in [0.1, 0.15) is 5.69 Å². The maximum Gasteiger partial charge on any atom is 0.235 e. The fraction of sp³-hybridized carbons (Fsp3) is 0.400. The number of aryl methyl sites for hydroxylation is 1. The fourth-order valence-electron chi connectivity index (χ4n) is 1.74. The van der Waals surface area contributed by atoms with Crippen LogP contribution in [0.15, 0.2) is 6.20 Å². The van der Waals surface area contributed by atoms with Gasteiger partial charge in [0.25, 0.3) is 0 Å². The van der Waals surface area contributed by atoms with E-state index in [1.54, 1.807) is 15.4 Å². The molecular formula is C10H11ClN6S. The molecule has 0 amide bonds. The van der Waals surface area contributed by atoms with Crippen LogP contribution in [-0.2, 0) is 7.05 Å². The SMILES string of the molecule is CC(C)c1nnc2sc(-c3c(Cl)cnn3C)nn12. The molecule has 0 aromatic carbocycles. The first-order chi connectivity index (χ1) is 8.58. The van der Waals surface area contributed by atoms with Gasteiger partial charge in [-0.15, -0.1) is 10.2 Å². The maximum absolute atomic E-state index is 6.11. The Bertz CT molecular complexity index is 690. The Morgan fingerprint density at radius 3 is 2.72 bits per heavy atom. The van der Waals surface area contributed by atoms with Gasteiger partial charge in [-0.05, 0) is 0 Å². The second-order valence-electron chi connectivity index (χ2n) is 4.28. The van der Waals surface area contributed by atoms with Crippen LogP contribution < -0.4 is 0 Å². The highest BCUT2D eigenvalue weighted by Crippen LogP contribution is 2.31. The molecule has 0 saturated carbocycles. The topological polar surface area (TPSA) is 60.9 Å². The monoisotopic (exact) mass is 282 g/mol. The van der Waals surface area contributed by atoms with Crippen molar-refractivity contribution in [1.29, 1.82) is 0 Å². The van der Waals surface area contributed by atoms with Crippen LogP contribution >= 0.6 is 22.9 Å². The second kappa shape index (κ2) is 4.03. The largest absolute Gasteiger partial charge is 0.264 e. The van der Waals surface area contributed by atoms with Crippen LogP contribution in [0.2, 0.25) is 5.02 Å². The standard InChI is InChI=1S/C10H11ClN6S/c1-5(2)8-13-14-10-17(8)15-9(18-10)7-6(11)4-12-16(7)3/h4-5H,1-3H3. The number of hydrogen-bond acceptors (Lipinski definition) is 5. The van der Waals surface area contributed by atoms with E-state index in [4.69, 9.17) is 11.6 Å². The Labute approximate surface area is 112 Å². The third-order valence-electron chi connectivity index (χ3n) is 2.63. The van der Waals surface area contributed by atoms with Crippen molar-refractivity contribution in [2.24, 2.45) is 7.05 Å². The molecule has 0 saturated heterocycles. The number of fused-ring (bicyclic) bond motifs is 1. The molecule has 18 heavy (non-hydrogen) atoms. The predicted octanol–water partition coefficient (Wildman–Crippen LogP) is 2.36. The minimum Gasteiger partial charge on any atom is -0.264 e. The molecule has 3 aromatic heterocycles. The van der Waals surface area contributed by atoms with E-state index in [2.05, 4.69) is 34.2 Å². The summed E-state index contributed by atoms with van der Waals surface area (Å²) in [6.45, 7) is 4.12. The average Bonchev–Trinajstić information content (AvgIpc) is 2.92. The van der Waals surface area contributed by atoms with Gasteiger partial charge in [0, 0.05) is 13.0 Å². The van der Waals surface area contributed by atoms with Crippen LogP contribution in [0.1, 0.15) is 25.6 Å². The average molecular weight is 283 g/mol. The molecule has 0 aliphatic carbocycles. The van der Waals surface area contributed by atoms with E-state index in [9.17, 15) is 0 Å². The first kappa shape index (κ1) is 11.6. The molecule has 0 aliphatic heterocycles. The Kier molecular flexibility index (Phi) is 2.60. The van der Waals surface area contributed by atoms with E-state index in [1.165, 1.54) is 11.3 Å². The van der Waals surface area contributed by atoms with E-state index >= 15 is 0 Å². The molecule has 8 heteroatoms. The normalized spacial score (nSPS) is 11.8. The summed E-state index contributed by atoms with van der Waals surface area (Å²) in [4.78, 5) is 0.769. The molecule has 0 spiro atoms. The summed E-state index contributed by atoms with van der Waals surface area (Å²) in [6.07, 6.45) is 1.61. The van der Waals surface area contributed by atoms with Gasteiger partial charge in [-0.3, -0.25) is 4.68 Å². The molecule has 0 fully saturated rings. The highest BCUT2D eigenvalue weighted by molar-refractivity contribution is 7.19. The van der Waals surface area contributed by atoms with Crippen molar-refractivity contribution in [3.63, 3.8) is 0 Å². The Morgan fingerprint density at radius 1 is 1.33 bits per heavy atom. The molecule has 0 aliphatic rings. The molecule has 0 radical (unpaired) electrons. The second-order valence-corrected chi connectivity index (χ2v) is 5.64. The van der Waals surface area contributed by atoms with Crippen LogP contribution in [0.4, 0.5) is 0 Å². The summed E-state index contributed by atoms with van der Waals surface area (Å²) >= 11 is 7.57. The minimum atomic E-state index is 0.275. The van der Waals surface area contributed by atoms with Gasteiger partial charge in [-0.25, -0.2) is 0 Å². The zero-order chi connectivity index (χ0) is 12.9. The van der Waals surface area contributed by atoms with E-state index in [0.29, 0.717) is 5.02 Å². The Morgan fingerprint density at radius 2 is 2.11 bits per heavy atom. The number of aromatic nitrogens is 6. The van der Waals surface area contributed by atoms with Gasteiger partial charge in [0.15, 0.2) is 10.8 Å². The highest BCUT2D eigenvalue weighted by atomic mass is 35.5. The first-order valence-corrected chi connectivity index (χ1v) is 6.67. The lowest BCUT2D eigenvalue weighted by molar-refractivity contribution is 0.723. The molecule has 3 aromatic rings. The summed E-state index contributed by atoms with van der Waals surface area (Å²) in [5.41, 5.74) is 0.807. The third kappa shape index (κ3) is 1.62. The van der Waals surface area contributed by atoms with Crippen molar-refractivity contribution < 1.29 is 0 Å². The van der Waals surface area contributed by atoms with Crippen molar-refractivity contribution in [2.75, 3.05) is 0 Å². The van der Waals surface area contributed by atoms with E-state index in [1.807, 2.05) is 7.05 Å². The van der Waals surface area contributed by atoms with Crippen LogP contribution in [0, 0.1) is 0 Å². The lowest BCUT2D eigenvalue weighted by atomic mass is 10.2. The van der Waals surface area contributed by atoms with Crippen molar-refractivity contribution >= 4 is 27.9 Å². The predicted molar refractivity (Wildman–Crippen MR) is 70.0 cm³/mol. The molecule has 0 unspecified atom stereocenters. The highest BCUT2D eigenvalue weighted by Gasteiger charge is 2.18. The Hall–Kier alpha value is -1.47. The van der Waals surface area contributed by atoms with E-state index in [0.717, 1.165) is 21.5 Å². The van der Waals surface area contributed by atoms with Gasteiger partial charge in [-0.1, -0.05) is 36.8 Å². The quantitative estimate of drug-likeness (QED) is 0.724. The Balaban J connectivity index is 2.20. The van der Waals surface area contributed by atoms with Crippen molar-refractivity contribution in [3.8, 4) is 10.7 Å². The zero-order valence-electron chi connectivity index (χ0n) is 10.1. The van der Waals surface area contributed by atoms with Gasteiger partial charge >= 0.3 is 0 Å². The number of rotatable bonds is 2. The lowest BCUT2D eigenvalue weighted by Crippen LogP contribution is -1.99. The maximum atomic E-state index is 6.11. The van der Waals surface area contributed by atoms with Crippen molar-refractivity contribution in [2.45, 2.75) is 19.8 Å². The molecule has 0 atom stereocenters. The van der Waals surface area contributed by atoms with E-state index in [-0.39, 0.29) is 5.92 Å². The first-order valence-electron chi connectivity index (χ1n) is 5.48. The van der Waals surface area contributed by atoms with Crippen molar-refractivity contribution in [3.05, 3.63) is 17.0 Å². The third-order valence-corrected chi connectivity index (χ3v) is 3.81. The van der Waals surface area contributed by atoms with Gasteiger partial charge < -0.3 is 0 Å². The molecular weight excluding hydrogens is 272 g/mol. The van der Waals surface area contributed by atoms with Gasteiger partial charge in [0.2, 0.25) is 4.96 Å². The fourth-order valence-corrected chi connectivity index (χ4v) is 2.99. The summed E-state index contributed by atoms with van der Waals surface area (Å²) in [7, 11) is 1.84. The summed E-state index contributed by atoms with van der Waals surface area (Å²) in [6, 6.07) is 0. The minimum absolute atomic E-state index is 0.275. The number of hydrogen-bond donors (Lipinski definition) is 0. The van der Waals surface area contributed by atoms with Crippen LogP contribution in [-0.4, -0.2) is 29.6 Å². The molecule has 0 N–H and O–H groups in total. The smallest absolute Gasteiger partial charge is 0.235 e. The molecule has 6 nitrogen and oxygen atoms in total. The molecule has 3 rings (SSSR count). The van der Waals surface area contributed by atoms with Crippen LogP contribution in [0.3, 0.4) is 0 Å². The van der Waals surface area contributed by atoms with Crippen LogP contribution in [0.25, 0.3) is 15.7 Å². The van der Waals surface area contributed by atoms with Gasteiger partial charge in [-0.2, -0.15) is 14.7 Å². The molecule has 94 valence electrons. The lowest BCUT2D eigenvalue weighted by Gasteiger charge is -1.99. The zero-order valence-corrected chi connectivity index (χ0v) is 11.7. The number of halogens is 1. The molecule has 0 bridgehead atoms.